The molecule has 10 nitrogen and oxygen atoms in total. The number of aromatic nitrogens is 1. The molecule has 2 aromatic carbocycles. The van der Waals surface area contributed by atoms with Crippen LogP contribution in [0.4, 0.5) is 29.3 Å². The third-order valence-electron chi connectivity index (χ3n) is 4.42. The Bertz CT molecular complexity index is 1240. The first kappa shape index (κ1) is 25.7. The molecule has 1 aromatic heterocycles. The summed E-state index contributed by atoms with van der Waals surface area (Å²) in [5.74, 6) is -0.360. The average molecular weight is 513 g/mol. The standard InChI is InChI=1S/C21H16ClF3N4O6/c1-27(32)19(30)18-11-15(8-9-26-18)35-14-5-2-12(3-6-14)28(33)20(31)29(34)13-4-7-17(22)16(10-13)21(23,24)25/h2-11,32-34H,1H3. The average Bonchev–Trinajstić information content (AvgIpc) is 2.82. The van der Waals surface area contributed by atoms with Crippen molar-refractivity contribution >= 4 is 34.9 Å². The van der Waals surface area contributed by atoms with Crippen molar-refractivity contribution < 1.29 is 43.1 Å². The van der Waals surface area contributed by atoms with Gasteiger partial charge in [-0.25, -0.2) is 9.86 Å². The maximum Gasteiger partial charge on any atom is 0.417 e. The summed E-state index contributed by atoms with van der Waals surface area (Å²) in [5, 5.41) is 29.0. The second-order valence-electron chi connectivity index (χ2n) is 6.87. The zero-order chi connectivity index (χ0) is 25.9. The second kappa shape index (κ2) is 10.1. The smallest absolute Gasteiger partial charge is 0.417 e. The van der Waals surface area contributed by atoms with Crippen LogP contribution in [0.25, 0.3) is 0 Å². The Kier molecular flexibility index (Phi) is 7.45. The summed E-state index contributed by atoms with van der Waals surface area (Å²) in [7, 11) is 1.13. The number of nitrogens with zero attached hydrogens (tertiary/aromatic N) is 4. The van der Waals surface area contributed by atoms with Gasteiger partial charge in [0.2, 0.25) is 0 Å². The Morgan fingerprint density at radius 2 is 1.51 bits per heavy atom. The molecule has 0 spiro atoms. The molecule has 0 atom stereocenters. The molecule has 0 fully saturated rings. The minimum atomic E-state index is -4.83. The van der Waals surface area contributed by atoms with Gasteiger partial charge in [0.15, 0.2) is 0 Å². The molecule has 3 amide bonds. The molecule has 0 bridgehead atoms. The SMILES string of the molecule is CN(O)C(=O)c1cc(Oc2ccc(N(O)C(=O)N(O)c3ccc(Cl)c(C(F)(F)F)c3)cc2)ccn1. The molecule has 0 aliphatic rings. The van der Waals surface area contributed by atoms with Gasteiger partial charge >= 0.3 is 12.2 Å². The van der Waals surface area contributed by atoms with E-state index in [2.05, 4.69) is 4.98 Å². The zero-order valence-corrected chi connectivity index (χ0v) is 18.4. The summed E-state index contributed by atoms with van der Waals surface area (Å²) in [6.07, 6.45) is -3.55. The van der Waals surface area contributed by atoms with Crippen LogP contribution < -0.4 is 14.9 Å². The van der Waals surface area contributed by atoms with Gasteiger partial charge < -0.3 is 4.74 Å². The van der Waals surface area contributed by atoms with Gasteiger partial charge in [0.1, 0.15) is 17.2 Å². The summed E-state index contributed by atoms with van der Waals surface area (Å²) in [6, 6.07) is 8.60. The second-order valence-corrected chi connectivity index (χ2v) is 7.28. The van der Waals surface area contributed by atoms with Crippen molar-refractivity contribution in [1.82, 2.24) is 10.0 Å². The van der Waals surface area contributed by atoms with E-state index in [4.69, 9.17) is 16.3 Å². The number of benzene rings is 2. The Hall–Kier alpha value is -3.91. The number of rotatable bonds is 5. The number of anilines is 2. The molecule has 184 valence electrons. The lowest BCUT2D eigenvalue weighted by molar-refractivity contribution is -0.137. The first-order valence-electron chi connectivity index (χ1n) is 9.48. The number of pyridine rings is 1. The third kappa shape index (κ3) is 5.96. The van der Waals surface area contributed by atoms with E-state index in [1.807, 2.05) is 0 Å². The van der Waals surface area contributed by atoms with Gasteiger partial charge in [-0.3, -0.25) is 25.4 Å². The Labute approximate surface area is 200 Å². The van der Waals surface area contributed by atoms with E-state index in [1.54, 1.807) is 0 Å². The van der Waals surface area contributed by atoms with E-state index in [0.717, 1.165) is 19.2 Å². The molecular weight excluding hydrogens is 497 g/mol. The summed E-state index contributed by atoms with van der Waals surface area (Å²) >= 11 is 5.52. The minimum Gasteiger partial charge on any atom is -0.457 e. The van der Waals surface area contributed by atoms with Crippen molar-refractivity contribution in [1.29, 1.82) is 0 Å². The minimum absolute atomic E-state index is 0.00589. The maximum atomic E-state index is 13.0. The molecule has 3 N–H and O–H groups in total. The van der Waals surface area contributed by atoms with Gasteiger partial charge in [0, 0.05) is 19.3 Å². The van der Waals surface area contributed by atoms with Gasteiger partial charge in [-0.15, -0.1) is 0 Å². The van der Waals surface area contributed by atoms with Crippen LogP contribution in [0.1, 0.15) is 16.1 Å². The third-order valence-corrected chi connectivity index (χ3v) is 4.75. The fourth-order valence-electron chi connectivity index (χ4n) is 2.72. The number of hydrogen-bond donors (Lipinski definition) is 3. The highest BCUT2D eigenvalue weighted by atomic mass is 35.5. The number of carbonyl (C=O) groups excluding carboxylic acids is 2. The number of halogens is 4. The maximum absolute atomic E-state index is 13.0. The molecule has 3 rings (SSSR count). The van der Waals surface area contributed by atoms with Crippen molar-refractivity contribution in [3.05, 3.63) is 77.1 Å². The summed E-state index contributed by atoms with van der Waals surface area (Å²) in [5.41, 5.74) is -2.10. The van der Waals surface area contributed by atoms with E-state index in [9.17, 15) is 38.4 Å². The lowest BCUT2D eigenvalue weighted by atomic mass is 10.2. The van der Waals surface area contributed by atoms with Gasteiger partial charge in [0.05, 0.1) is 22.0 Å². The van der Waals surface area contributed by atoms with Gasteiger partial charge in [-0.1, -0.05) is 11.6 Å². The highest BCUT2D eigenvalue weighted by molar-refractivity contribution is 6.31. The highest BCUT2D eigenvalue weighted by Crippen LogP contribution is 2.37. The summed E-state index contributed by atoms with van der Waals surface area (Å²) < 4.78 is 44.7. The molecule has 0 radical (unpaired) electrons. The van der Waals surface area contributed by atoms with Crippen LogP contribution in [-0.4, -0.2) is 44.7 Å². The summed E-state index contributed by atoms with van der Waals surface area (Å²) in [6.45, 7) is 0. The van der Waals surface area contributed by atoms with Crippen LogP contribution in [0.3, 0.4) is 0 Å². The first-order chi connectivity index (χ1) is 16.4. The normalized spacial score (nSPS) is 11.1. The molecule has 14 heteroatoms. The van der Waals surface area contributed by atoms with Crippen LogP contribution in [0, 0.1) is 0 Å². The molecule has 0 aliphatic carbocycles. The number of hydrogen-bond acceptors (Lipinski definition) is 7. The number of ether oxygens (including phenoxy) is 1. The number of amides is 3. The zero-order valence-electron chi connectivity index (χ0n) is 17.6. The van der Waals surface area contributed by atoms with Crippen LogP contribution in [0.5, 0.6) is 11.5 Å². The molecule has 1 heterocycles. The predicted molar refractivity (Wildman–Crippen MR) is 115 cm³/mol. The molecule has 3 aromatic rings. The first-order valence-corrected chi connectivity index (χ1v) is 9.86. The van der Waals surface area contributed by atoms with Crippen LogP contribution in [0.2, 0.25) is 5.02 Å². The van der Waals surface area contributed by atoms with Gasteiger partial charge in [0.25, 0.3) is 5.91 Å². The Morgan fingerprint density at radius 3 is 2.11 bits per heavy atom. The van der Waals surface area contributed by atoms with E-state index in [-0.39, 0.29) is 33.0 Å². The molecular formula is C21H16ClF3N4O6. The molecule has 0 saturated heterocycles. The Morgan fingerprint density at radius 1 is 0.914 bits per heavy atom. The van der Waals surface area contributed by atoms with Crippen molar-refractivity contribution in [2.24, 2.45) is 0 Å². The number of alkyl halides is 3. The quantitative estimate of drug-likeness (QED) is 0.316. The van der Waals surface area contributed by atoms with Crippen molar-refractivity contribution in [2.75, 3.05) is 17.2 Å². The number of hydroxylamine groups is 4. The van der Waals surface area contributed by atoms with Crippen LogP contribution in [0.15, 0.2) is 60.8 Å². The number of urea groups is 1. The topological polar surface area (TPSA) is 127 Å². The van der Waals surface area contributed by atoms with E-state index < -0.39 is 34.4 Å². The van der Waals surface area contributed by atoms with Crippen molar-refractivity contribution in [3.8, 4) is 11.5 Å². The van der Waals surface area contributed by atoms with E-state index in [1.165, 1.54) is 42.6 Å². The lowest BCUT2D eigenvalue weighted by Gasteiger charge is -2.22. The Balaban J connectivity index is 1.73. The van der Waals surface area contributed by atoms with E-state index in [0.29, 0.717) is 11.1 Å². The van der Waals surface area contributed by atoms with E-state index >= 15 is 0 Å². The molecule has 0 aliphatic heterocycles. The highest BCUT2D eigenvalue weighted by Gasteiger charge is 2.34. The predicted octanol–water partition coefficient (Wildman–Crippen LogP) is 5.22. The fourth-order valence-corrected chi connectivity index (χ4v) is 2.95. The van der Waals surface area contributed by atoms with Crippen molar-refractivity contribution in [3.63, 3.8) is 0 Å². The van der Waals surface area contributed by atoms with Gasteiger partial charge in [-0.05, 0) is 48.5 Å². The van der Waals surface area contributed by atoms with Crippen LogP contribution in [-0.2, 0) is 6.18 Å². The number of carbonyl (C=O) groups is 2. The largest absolute Gasteiger partial charge is 0.457 e. The fraction of sp³-hybridized carbons (Fsp3) is 0.0952. The molecule has 0 saturated carbocycles. The monoisotopic (exact) mass is 512 g/mol. The molecule has 35 heavy (non-hydrogen) atoms. The molecule has 0 unspecified atom stereocenters. The van der Waals surface area contributed by atoms with Crippen molar-refractivity contribution in [2.45, 2.75) is 6.18 Å². The lowest BCUT2D eigenvalue weighted by Crippen LogP contribution is -2.39. The summed E-state index contributed by atoms with van der Waals surface area (Å²) in [4.78, 5) is 28.0. The van der Waals surface area contributed by atoms with Crippen LogP contribution >= 0.6 is 11.6 Å². The van der Waals surface area contributed by atoms with Gasteiger partial charge in [-0.2, -0.15) is 23.3 Å².